The van der Waals surface area contributed by atoms with Gasteiger partial charge in [-0.25, -0.2) is 0 Å². The molecule has 2 N–H and O–H groups in total. The van der Waals surface area contributed by atoms with Gasteiger partial charge in [0.1, 0.15) is 0 Å². The molecule has 0 aliphatic rings. The summed E-state index contributed by atoms with van der Waals surface area (Å²) < 4.78 is 8.30. The van der Waals surface area contributed by atoms with Crippen LogP contribution in [0.2, 0.25) is 0 Å². The van der Waals surface area contributed by atoms with Gasteiger partial charge in [-0.1, -0.05) is 0 Å². The summed E-state index contributed by atoms with van der Waals surface area (Å²) in [5, 5.41) is 0. The maximum atomic E-state index is 8.30. The fraction of sp³-hybridized carbons (Fsp3) is 0. The predicted molar refractivity (Wildman–Crippen MR) is 4.30 cm³/mol. The SMILES string of the molecule is O.[O]=[Nb].[Ti].[Y]. The molecule has 26 valence electrons. The van der Waals surface area contributed by atoms with Gasteiger partial charge in [0.25, 0.3) is 0 Å². The molecule has 0 atom stereocenters. The van der Waals surface area contributed by atoms with Crippen molar-refractivity contribution in [2.45, 2.75) is 0 Å². The zero-order valence-corrected chi connectivity index (χ0v) is 9.03. The van der Waals surface area contributed by atoms with E-state index in [9.17, 15) is 0 Å². The molecule has 1 radical (unpaired) electrons. The van der Waals surface area contributed by atoms with Gasteiger partial charge in [0.05, 0.1) is 0 Å². The van der Waals surface area contributed by atoms with E-state index in [0.717, 1.165) is 0 Å². The Morgan fingerprint density at radius 3 is 1.20 bits per heavy atom. The summed E-state index contributed by atoms with van der Waals surface area (Å²) in [5.41, 5.74) is 0. The molecular weight excluding hydrogens is 262 g/mol. The van der Waals surface area contributed by atoms with Gasteiger partial charge in [-0.3, -0.25) is 0 Å². The van der Waals surface area contributed by atoms with Gasteiger partial charge in [-0.05, 0) is 0 Å². The molecule has 0 aromatic rings. The number of rotatable bonds is 0. The average Bonchev–Trinajstić information content (AvgIpc) is 1.00. The topological polar surface area (TPSA) is 48.6 Å². The van der Waals surface area contributed by atoms with Gasteiger partial charge in [0.2, 0.25) is 0 Å². The third-order valence-corrected chi connectivity index (χ3v) is 0. The summed E-state index contributed by atoms with van der Waals surface area (Å²) in [6.45, 7) is 0. The molecule has 0 rings (SSSR count). The van der Waals surface area contributed by atoms with Crippen molar-refractivity contribution in [2.75, 3.05) is 0 Å². The van der Waals surface area contributed by atoms with E-state index in [2.05, 4.69) is 0 Å². The van der Waals surface area contributed by atoms with Crippen LogP contribution in [0.3, 0.4) is 0 Å². The fourth-order valence-electron chi connectivity index (χ4n) is 0. The van der Waals surface area contributed by atoms with Gasteiger partial charge < -0.3 is 5.48 Å². The van der Waals surface area contributed by atoms with Crippen molar-refractivity contribution in [3.8, 4) is 0 Å². The first-order valence-electron chi connectivity index (χ1n) is 0.183. The molecule has 0 heterocycles. The van der Waals surface area contributed by atoms with Gasteiger partial charge in [0.15, 0.2) is 0 Å². The first kappa shape index (κ1) is 26.5. The first-order valence-corrected chi connectivity index (χ1v) is 1.08. The fourth-order valence-corrected chi connectivity index (χ4v) is 0. The van der Waals surface area contributed by atoms with Crippen molar-refractivity contribution in [3.05, 3.63) is 0 Å². The van der Waals surface area contributed by atoms with Crippen LogP contribution < -0.4 is 0 Å². The molecule has 0 aromatic heterocycles. The molecule has 5 heteroatoms. The monoisotopic (exact) mass is 264 g/mol. The van der Waals surface area contributed by atoms with E-state index in [1.54, 1.807) is 0 Å². The van der Waals surface area contributed by atoms with Crippen molar-refractivity contribution in [2.24, 2.45) is 0 Å². The third kappa shape index (κ3) is 21.9. The second kappa shape index (κ2) is 33.2. The molecule has 0 amide bonds. The van der Waals surface area contributed by atoms with Gasteiger partial charge >= 0.3 is 24.3 Å². The van der Waals surface area contributed by atoms with Crippen molar-refractivity contribution in [3.63, 3.8) is 0 Å². The van der Waals surface area contributed by atoms with Crippen LogP contribution in [0, 0.1) is 0 Å². The van der Waals surface area contributed by atoms with Crippen molar-refractivity contribution in [1.29, 1.82) is 0 Å². The Kier molecular flexibility index (Phi) is 176. The van der Waals surface area contributed by atoms with E-state index in [0.29, 0.717) is 21.0 Å². The van der Waals surface area contributed by atoms with E-state index in [4.69, 9.17) is 3.25 Å². The van der Waals surface area contributed by atoms with Crippen LogP contribution in [0.4, 0.5) is 0 Å². The van der Waals surface area contributed by atoms with Gasteiger partial charge in [-0.15, -0.1) is 0 Å². The van der Waals surface area contributed by atoms with Crippen LogP contribution in [0.15, 0.2) is 0 Å². The smallest absolute Gasteiger partial charge is 0 e. The Bertz CT molecular complexity index is 9.61. The normalized spacial score (nSPS) is 0.600. The van der Waals surface area contributed by atoms with Crippen molar-refractivity contribution >= 4 is 0 Å². The zero-order valence-electron chi connectivity index (χ0n) is 2.43. The molecule has 0 aromatic carbocycles. The molecule has 5 heavy (non-hydrogen) atoms. The summed E-state index contributed by atoms with van der Waals surface area (Å²) in [6, 6.07) is 0. The quantitative estimate of drug-likeness (QED) is 0.520. The minimum atomic E-state index is 0. The first-order chi connectivity index (χ1) is 1.00. The number of hydrogen-bond donors (Lipinski definition) is 0. The second-order valence-corrected chi connectivity index (χ2v) is 0. The standard InChI is InChI=1S/Nb.H2O.O.Ti.Y/h;1H2;;;. The average molecular weight is 264 g/mol. The molecule has 0 unspecified atom stereocenters. The zero-order chi connectivity index (χ0) is 2.00. The molecule has 2 nitrogen and oxygen atoms in total. The van der Waals surface area contributed by atoms with Crippen LogP contribution in [0.1, 0.15) is 0 Å². The molecule has 0 saturated heterocycles. The molecule has 0 fully saturated rings. The van der Waals surface area contributed by atoms with E-state index in [1.165, 1.54) is 0 Å². The minimum Gasteiger partial charge on any atom is 0 e. The van der Waals surface area contributed by atoms with Crippen LogP contribution in [0.25, 0.3) is 0 Å². The molecular formula is H2NbO2TiY. The van der Waals surface area contributed by atoms with Crippen LogP contribution >= 0.6 is 0 Å². The maximum Gasteiger partial charge on any atom is 0 e. The summed E-state index contributed by atoms with van der Waals surface area (Å²) in [5.74, 6) is 0. The minimum absolute atomic E-state index is 0. The van der Waals surface area contributed by atoms with Crippen molar-refractivity contribution < 1.29 is 84.2 Å². The van der Waals surface area contributed by atoms with Crippen LogP contribution in [0.5, 0.6) is 0 Å². The predicted octanol–water partition coefficient (Wildman–Crippen LogP) is -0.951. The molecule has 0 spiro atoms. The molecule has 0 aliphatic carbocycles. The van der Waals surface area contributed by atoms with E-state index in [-0.39, 0.29) is 59.9 Å². The number of hydrogen-bond acceptors (Lipinski definition) is 1. The Morgan fingerprint density at radius 2 is 1.20 bits per heavy atom. The summed E-state index contributed by atoms with van der Waals surface area (Å²) in [4.78, 5) is 0. The van der Waals surface area contributed by atoms with Crippen LogP contribution in [-0.2, 0) is 78.7 Å². The third-order valence-electron chi connectivity index (χ3n) is 0. The Hall–Kier alpha value is 2.32. The summed E-state index contributed by atoms with van der Waals surface area (Å²) >= 11 is 0.500. The summed E-state index contributed by atoms with van der Waals surface area (Å²) in [6.07, 6.45) is 0. The van der Waals surface area contributed by atoms with E-state index < -0.39 is 0 Å². The molecule has 0 saturated carbocycles. The Balaban J connectivity index is -0.00000000167. The molecule has 0 aliphatic heterocycles. The van der Waals surface area contributed by atoms with Gasteiger partial charge in [-0.2, -0.15) is 0 Å². The Morgan fingerprint density at radius 1 is 1.20 bits per heavy atom. The maximum absolute atomic E-state index is 8.30. The van der Waals surface area contributed by atoms with E-state index >= 15 is 0 Å². The van der Waals surface area contributed by atoms with Crippen molar-refractivity contribution in [1.82, 2.24) is 0 Å². The van der Waals surface area contributed by atoms with E-state index in [1.807, 2.05) is 0 Å². The second-order valence-electron chi connectivity index (χ2n) is 0. The molecule has 0 bridgehead atoms. The van der Waals surface area contributed by atoms with Crippen LogP contribution in [-0.4, -0.2) is 5.48 Å². The largest absolute Gasteiger partial charge is 0 e. The summed E-state index contributed by atoms with van der Waals surface area (Å²) in [7, 11) is 0. The Labute approximate surface area is 82.8 Å². The van der Waals surface area contributed by atoms with Gasteiger partial charge in [0, 0.05) is 54.4 Å².